The lowest BCUT2D eigenvalue weighted by molar-refractivity contribution is -0.873. The van der Waals surface area contributed by atoms with Gasteiger partial charge in [-0.15, -0.1) is 0 Å². The smallest absolute Gasteiger partial charge is 0.211 e. The molecule has 0 rings (SSSR count). The number of quaternary nitrogens is 1. The Morgan fingerprint density at radius 1 is 1.91 bits per heavy atom. The first-order chi connectivity index (χ1) is 6.46. The minimum atomic E-state index is -3.04. The Bertz CT molecular complexity index is 253. The van der Waals surface area contributed by atoms with Gasteiger partial charge >= 0.3 is 0 Å². The van der Waals surface area contributed by atoms with Crippen molar-refractivity contribution in [1.82, 2.24) is 0 Å². The molecule has 0 unspecified atom stereocenters. The minimum Gasteiger partial charge on any atom is -0.550 e. The molecule has 0 aromatic rings. The van der Waals surface area contributed by atoms with Gasteiger partial charge in [0.25, 0.3) is 0 Å². The molecule has 0 aromatic heterocycles. The van der Waals surface area contributed by atoms with Gasteiger partial charge < -0.3 is 19.5 Å². The van der Waals surface area contributed by atoms with Gasteiger partial charge in [0.1, 0.15) is 12.6 Å². The molecule has 0 radical (unpaired) electrons. The number of aliphatic hydroxyl groups is 1. The summed E-state index contributed by atoms with van der Waals surface area (Å²) < 4.78 is 28.6. The summed E-state index contributed by atoms with van der Waals surface area (Å²) in [5.41, 5.74) is 0. The molecule has 0 spiro atoms. The standard InChI is InChI=1S/C7H15NO3/c1-8(2,3)5-6(9)4-7(10)11/h6,9H,4-5H2,1-3H3/t6-/m0/s1/i4D2,6D,9D. The van der Waals surface area contributed by atoms with Crippen molar-refractivity contribution in [3.05, 3.63) is 0 Å². The van der Waals surface area contributed by atoms with Crippen LogP contribution in [0.4, 0.5) is 0 Å². The van der Waals surface area contributed by atoms with E-state index < -0.39 is 18.4 Å². The fourth-order valence-electron chi connectivity index (χ4n) is 0.584. The van der Waals surface area contributed by atoms with E-state index in [1.54, 1.807) is 21.1 Å². The van der Waals surface area contributed by atoms with Crippen LogP contribution in [0.1, 0.15) is 10.5 Å². The SMILES string of the molecule is [2H]O[C@]([2H])(C[N+](C)(C)C)C([2H])([2H])C(=O)[O-]. The monoisotopic (exact) mass is 165 g/mol. The molecule has 1 atom stereocenters. The van der Waals surface area contributed by atoms with E-state index in [-0.39, 0.29) is 11.0 Å². The Balaban J connectivity index is 5.10. The zero-order valence-electron chi connectivity index (χ0n) is 10.9. The zero-order chi connectivity index (χ0) is 12.5. The number of carbonyl (C=O) groups excluding carboxylic acids is 1. The van der Waals surface area contributed by atoms with Crippen LogP contribution in [0, 0.1) is 0 Å². The predicted octanol–water partition coefficient (Wildman–Crippen LogP) is -1.81. The number of carbonyl (C=O) groups is 1. The Hall–Kier alpha value is -0.610. The molecule has 0 aromatic carbocycles. The third-order valence-electron chi connectivity index (χ3n) is 0.859. The quantitative estimate of drug-likeness (QED) is 0.489. The molecule has 66 valence electrons. The van der Waals surface area contributed by atoms with Gasteiger partial charge in [0.05, 0.1) is 22.5 Å². The first-order valence-corrected chi connectivity index (χ1v) is 3.12. The molecule has 0 aliphatic carbocycles. The van der Waals surface area contributed by atoms with Gasteiger partial charge in [-0.3, -0.25) is 0 Å². The van der Waals surface area contributed by atoms with Crippen molar-refractivity contribution in [2.75, 3.05) is 27.7 Å². The summed E-state index contributed by atoms with van der Waals surface area (Å²) in [4.78, 5) is 10.5. The summed E-state index contributed by atoms with van der Waals surface area (Å²) in [5, 5.41) is 14.5. The lowest BCUT2D eigenvalue weighted by Gasteiger charge is -2.26. The molecule has 4 nitrogen and oxygen atoms in total. The molecule has 0 heterocycles. The highest BCUT2D eigenvalue weighted by Crippen LogP contribution is 1.97. The second-order valence-corrected chi connectivity index (χ2v) is 3.28. The zero-order valence-corrected chi connectivity index (χ0v) is 6.88. The Morgan fingerprint density at radius 3 is 2.73 bits per heavy atom. The normalized spacial score (nSPS) is 23.9. The summed E-state index contributed by atoms with van der Waals surface area (Å²) in [6.45, 7) is -0.294. The van der Waals surface area contributed by atoms with Crippen LogP contribution in [0.2, 0.25) is 0 Å². The number of nitrogens with zero attached hydrogens (tertiary/aromatic N) is 1. The van der Waals surface area contributed by atoms with Crippen LogP contribution in [0.3, 0.4) is 0 Å². The van der Waals surface area contributed by atoms with Crippen molar-refractivity contribution < 1.29 is 23.6 Å². The highest BCUT2D eigenvalue weighted by atomic mass is 16.4. The van der Waals surface area contributed by atoms with E-state index in [1.807, 2.05) is 0 Å². The molecule has 0 amide bonds. The van der Waals surface area contributed by atoms with Crippen LogP contribution in [-0.2, 0) is 4.79 Å². The number of aliphatic carboxylic acids is 1. The molecular formula is C7H15NO3. The van der Waals surface area contributed by atoms with E-state index in [0.717, 1.165) is 0 Å². The highest BCUT2D eigenvalue weighted by Gasteiger charge is 2.14. The summed E-state index contributed by atoms with van der Waals surface area (Å²) in [7, 11) is 4.90. The number of carboxylic acids is 1. The van der Waals surface area contributed by atoms with Crippen molar-refractivity contribution in [1.29, 1.82) is 1.43 Å². The second-order valence-electron chi connectivity index (χ2n) is 3.28. The lowest BCUT2D eigenvalue weighted by atomic mass is 10.2. The third-order valence-corrected chi connectivity index (χ3v) is 0.859. The van der Waals surface area contributed by atoms with Crippen LogP contribution < -0.4 is 5.11 Å². The van der Waals surface area contributed by atoms with Crippen molar-refractivity contribution in [3.8, 4) is 0 Å². The lowest BCUT2D eigenvalue weighted by Crippen LogP contribution is -2.43. The second kappa shape index (κ2) is 3.69. The van der Waals surface area contributed by atoms with E-state index in [0.29, 0.717) is 0 Å². The maximum Gasteiger partial charge on any atom is 0.211 e. The molecule has 1 N–H and O–H groups in total. The van der Waals surface area contributed by atoms with E-state index in [1.165, 1.54) is 0 Å². The summed E-state index contributed by atoms with van der Waals surface area (Å²) in [6.07, 6.45) is -5.54. The molecule has 4 heteroatoms. The summed E-state index contributed by atoms with van der Waals surface area (Å²) >= 11 is 0. The van der Waals surface area contributed by atoms with Gasteiger partial charge in [-0.25, -0.2) is 0 Å². The van der Waals surface area contributed by atoms with E-state index in [4.69, 9.17) is 5.54 Å². The van der Waals surface area contributed by atoms with Gasteiger partial charge in [0.15, 0.2) is 0 Å². The van der Waals surface area contributed by atoms with Gasteiger partial charge in [0.2, 0.25) is 1.43 Å². The first-order valence-electron chi connectivity index (χ1n) is 5.03. The first kappa shape index (κ1) is 5.11. The average molecular weight is 165 g/mol. The summed E-state index contributed by atoms with van der Waals surface area (Å²) in [5.74, 6) is -2.06. The van der Waals surface area contributed by atoms with Crippen LogP contribution in [-0.4, -0.2) is 50.8 Å². The molecular weight excluding hydrogens is 146 g/mol. The number of hydrogen-bond donors (Lipinski definition) is 1. The summed E-state index contributed by atoms with van der Waals surface area (Å²) in [6, 6.07) is 0. The fourth-order valence-corrected chi connectivity index (χ4v) is 0.584. The highest BCUT2D eigenvalue weighted by molar-refractivity contribution is 5.64. The van der Waals surface area contributed by atoms with Gasteiger partial charge in [-0.1, -0.05) is 0 Å². The number of carboxylic acid groups (broad SMARTS) is 1. The van der Waals surface area contributed by atoms with Gasteiger partial charge in [0, 0.05) is 15.1 Å². The van der Waals surface area contributed by atoms with Crippen molar-refractivity contribution in [3.63, 3.8) is 0 Å². The maximum absolute atomic E-state index is 10.5. The van der Waals surface area contributed by atoms with Crippen LogP contribution in [0.25, 0.3) is 0 Å². The van der Waals surface area contributed by atoms with Gasteiger partial charge in [-0.05, 0) is 0 Å². The Morgan fingerprint density at radius 2 is 2.45 bits per heavy atom. The number of hydrogen-bond acceptors (Lipinski definition) is 3. The van der Waals surface area contributed by atoms with Crippen LogP contribution in [0.5, 0.6) is 0 Å². The molecule has 11 heavy (non-hydrogen) atoms. The third kappa shape index (κ3) is 7.29. The fraction of sp³-hybridized carbons (Fsp3) is 0.857. The molecule has 0 bridgehead atoms. The Kier molecular flexibility index (Phi) is 1.71. The average Bonchev–Trinajstić information content (AvgIpc) is 2.00. The topological polar surface area (TPSA) is 60.4 Å². The van der Waals surface area contributed by atoms with Gasteiger partial charge in [-0.2, -0.15) is 0 Å². The molecule has 0 aliphatic heterocycles. The van der Waals surface area contributed by atoms with Crippen LogP contribution in [0.15, 0.2) is 0 Å². The van der Waals surface area contributed by atoms with E-state index in [9.17, 15) is 9.90 Å². The van der Waals surface area contributed by atoms with E-state index in [2.05, 4.69) is 5.11 Å². The minimum absolute atomic E-state index is 0.0924. The van der Waals surface area contributed by atoms with Crippen LogP contribution >= 0.6 is 0 Å². The largest absolute Gasteiger partial charge is 0.550 e. The van der Waals surface area contributed by atoms with E-state index >= 15 is 0 Å². The predicted molar refractivity (Wildman–Crippen MR) is 38.5 cm³/mol. The van der Waals surface area contributed by atoms with Crippen molar-refractivity contribution in [2.45, 2.75) is 12.5 Å². The molecule has 0 saturated carbocycles. The maximum atomic E-state index is 10.5. The number of rotatable bonds is 5. The molecule has 0 fully saturated rings. The van der Waals surface area contributed by atoms with Crippen molar-refractivity contribution >= 4 is 5.97 Å². The van der Waals surface area contributed by atoms with Crippen molar-refractivity contribution in [2.24, 2.45) is 0 Å². The Labute approximate surface area is 72.4 Å². The molecule has 0 aliphatic rings. The number of likely N-dealkylation sites (N-methyl/N-ethyl adjacent to an activating group) is 1. The molecule has 0 saturated heterocycles.